The summed E-state index contributed by atoms with van der Waals surface area (Å²) >= 11 is 0. The van der Waals surface area contributed by atoms with Gasteiger partial charge in [0.1, 0.15) is 6.42 Å². The molecule has 1 rings (SSSR count). The largest absolute Gasteiger partial charge is 0.422 e. The van der Waals surface area contributed by atoms with E-state index in [-0.39, 0.29) is 6.42 Å². The van der Waals surface area contributed by atoms with Crippen molar-refractivity contribution in [3.05, 3.63) is 0 Å². The Morgan fingerprint density at radius 3 is 2.20 bits per heavy atom. The molecule has 0 radical (unpaired) electrons. The standard InChI is InChI=1S/C11H18O4/c1-3-5-6-7-11(4-2)14-9(12)8-10(13)15-11/h3-8H2,1-2H3. The average molecular weight is 214 g/mol. The van der Waals surface area contributed by atoms with Crippen molar-refractivity contribution in [2.75, 3.05) is 0 Å². The van der Waals surface area contributed by atoms with E-state index in [1.165, 1.54) is 0 Å². The van der Waals surface area contributed by atoms with E-state index < -0.39 is 17.7 Å². The Hall–Kier alpha value is -1.06. The maximum atomic E-state index is 11.2. The third-order valence-corrected chi connectivity index (χ3v) is 2.59. The first-order valence-corrected chi connectivity index (χ1v) is 5.55. The average Bonchev–Trinajstić information content (AvgIpc) is 2.17. The number of hydrogen-bond acceptors (Lipinski definition) is 4. The third kappa shape index (κ3) is 3.22. The second-order valence-electron chi connectivity index (χ2n) is 3.85. The topological polar surface area (TPSA) is 52.6 Å². The molecule has 0 aromatic rings. The van der Waals surface area contributed by atoms with Crippen molar-refractivity contribution < 1.29 is 19.1 Å². The van der Waals surface area contributed by atoms with Crippen LogP contribution in [-0.4, -0.2) is 17.7 Å². The quantitative estimate of drug-likeness (QED) is 0.400. The molecule has 1 fully saturated rings. The zero-order chi connectivity index (χ0) is 11.3. The van der Waals surface area contributed by atoms with E-state index in [0.29, 0.717) is 12.8 Å². The van der Waals surface area contributed by atoms with Crippen molar-refractivity contribution in [3.8, 4) is 0 Å². The molecule has 0 aliphatic carbocycles. The van der Waals surface area contributed by atoms with Gasteiger partial charge in [-0.05, 0) is 6.42 Å². The summed E-state index contributed by atoms with van der Waals surface area (Å²) in [4.78, 5) is 22.3. The first-order valence-electron chi connectivity index (χ1n) is 5.55. The van der Waals surface area contributed by atoms with Crippen molar-refractivity contribution in [3.63, 3.8) is 0 Å². The van der Waals surface area contributed by atoms with Crippen LogP contribution in [0.1, 0.15) is 52.4 Å². The van der Waals surface area contributed by atoms with E-state index in [9.17, 15) is 9.59 Å². The minimum absolute atomic E-state index is 0.254. The van der Waals surface area contributed by atoms with Crippen molar-refractivity contribution in [2.45, 2.75) is 58.2 Å². The highest BCUT2D eigenvalue weighted by atomic mass is 16.7. The molecule has 86 valence electrons. The molecule has 0 spiro atoms. The Bertz CT molecular complexity index is 231. The van der Waals surface area contributed by atoms with E-state index in [4.69, 9.17) is 9.47 Å². The van der Waals surface area contributed by atoms with Gasteiger partial charge in [-0.15, -0.1) is 0 Å². The summed E-state index contributed by atoms with van der Waals surface area (Å²) in [5.74, 6) is -1.92. The summed E-state index contributed by atoms with van der Waals surface area (Å²) in [7, 11) is 0. The molecule has 0 amide bonds. The second kappa shape index (κ2) is 5.14. The monoisotopic (exact) mass is 214 g/mol. The van der Waals surface area contributed by atoms with E-state index in [1.54, 1.807) is 0 Å². The lowest BCUT2D eigenvalue weighted by molar-refractivity contribution is -0.247. The molecule has 0 saturated carbocycles. The van der Waals surface area contributed by atoms with Gasteiger partial charge in [0.05, 0.1) is 0 Å². The fourth-order valence-corrected chi connectivity index (χ4v) is 1.69. The van der Waals surface area contributed by atoms with Crippen LogP contribution in [0, 0.1) is 0 Å². The number of cyclic esters (lactones) is 2. The number of rotatable bonds is 5. The molecule has 0 aromatic heterocycles. The molecule has 15 heavy (non-hydrogen) atoms. The predicted molar refractivity (Wildman–Crippen MR) is 54.0 cm³/mol. The first kappa shape index (κ1) is 12.0. The molecule has 4 heteroatoms. The molecule has 1 heterocycles. The summed E-state index contributed by atoms with van der Waals surface area (Å²) in [5.41, 5.74) is 0. The van der Waals surface area contributed by atoms with Crippen LogP contribution in [0.2, 0.25) is 0 Å². The zero-order valence-electron chi connectivity index (χ0n) is 9.38. The van der Waals surface area contributed by atoms with Gasteiger partial charge in [0.25, 0.3) is 5.79 Å². The minimum atomic E-state index is -0.985. The number of esters is 2. The summed E-state index contributed by atoms with van der Waals surface area (Å²) in [5, 5.41) is 0. The normalized spacial score (nSPS) is 19.6. The summed E-state index contributed by atoms with van der Waals surface area (Å²) in [6, 6.07) is 0. The van der Waals surface area contributed by atoms with Gasteiger partial charge in [0.15, 0.2) is 0 Å². The Balaban J connectivity index is 2.57. The van der Waals surface area contributed by atoms with Crippen LogP contribution in [0.15, 0.2) is 0 Å². The smallest absolute Gasteiger partial charge is 0.320 e. The van der Waals surface area contributed by atoms with E-state index in [1.807, 2.05) is 6.92 Å². The highest BCUT2D eigenvalue weighted by Crippen LogP contribution is 2.29. The number of carbonyl (C=O) groups excluding carboxylic acids is 2. The minimum Gasteiger partial charge on any atom is -0.422 e. The lowest BCUT2D eigenvalue weighted by atomic mass is 10.0. The van der Waals surface area contributed by atoms with Crippen LogP contribution in [0.3, 0.4) is 0 Å². The number of carbonyl (C=O) groups is 2. The molecule has 1 aliphatic heterocycles. The molecule has 0 aromatic carbocycles. The number of ether oxygens (including phenoxy) is 2. The van der Waals surface area contributed by atoms with Crippen LogP contribution in [0.5, 0.6) is 0 Å². The van der Waals surface area contributed by atoms with Crippen LogP contribution < -0.4 is 0 Å². The molecular weight excluding hydrogens is 196 g/mol. The van der Waals surface area contributed by atoms with Crippen molar-refractivity contribution >= 4 is 11.9 Å². The maximum absolute atomic E-state index is 11.2. The van der Waals surface area contributed by atoms with Crippen molar-refractivity contribution in [1.29, 1.82) is 0 Å². The highest BCUT2D eigenvalue weighted by molar-refractivity contribution is 5.93. The van der Waals surface area contributed by atoms with Gasteiger partial charge in [0, 0.05) is 12.8 Å². The summed E-state index contributed by atoms with van der Waals surface area (Å²) in [6.45, 7) is 3.95. The molecule has 0 atom stereocenters. The molecule has 4 nitrogen and oxygen atoms in total. The number of unbranched alkanes of at least 4 members (excludes halogenated alkanes) is 2. The molecular formula is C11H18O4. The Morgan fingerprint density at radius 2 is 1.73 bits per heavy atom. The molecule has 0 bridgehead atoms. The molecule has 0 unspecified atom stereocenters. The van der Waals surface area contributed by atoms with E-state index in [0.717, 1.165) is 19.3 Å². The zero-order valence-corrected chi connectivity index (χ0v) is 9.38. The van der Waals surface area contributed by atoms with Crippen molar-refractivity contribution in [2.24, 2.45) is 0 Å². The molecule has 0 N–H and O–H groups in total. The highest BCUT2D eigenvalue weighted by Gasteiger charge is 2.41. The molecule has 1 saturated heterocycles. The Labute approximate surface area is 89.9 Å². The van der Waals surface area contributed by atoms with Gasteiger partial charge in [-0.25, -0.2) is 0 Å². The SMILES string of the molecule is CCCCCC1(CC)OC(=O)CC(=O)O1. The van der Waals surface area contributed by atoms with Crippen molar-refractivity contribution in [1.82, 2.24) is 0 Å². The van der Waals surface area contributed by atoms with Crippen LogP contribution >= 0.6 is 0 Å². The van der Waals surface area contributed by atoms with E-state index >= 15 is 0 Å². The van der Waals surface area contributed by atoms with Crippen LogP contribution in [-0.2, 0) is 19.1 Å². The maximum Gasteiger partial charge on any atom is 0.320 e. The third-order valence-electron chi connectivity index (χ3n) is 2.59. The first-order chi connectivity index (χ1) is 7.12. The lowest BCUT2D eigenvalue weighted by Gasteiger charge is -2.34. The van der Waals surface area contributed by atoms with Gasteiger partial charge in [-0.3, -0.25) is 9.59 Å². The summed E-state index contributed by atoms with van der Waals surface area (Å²) in [6.07, 6.45) is 3.92. The Kier molecular flexibility index (Phi) is 4.12. The fraction of sp³-hybridized carbons (Fsp3) is 0.818. The van der Waals surface area contributed by atoms with Gasteiger partial charge < -0.3 is 9.47 Å². The Morgan fingerprint density at radius 1 is 1.13 bits per heavy atom. The molecule has 1 aliphatic rings. The van der Waals surface area contributed by atoms with Crippen LogP contribution in [0.4, 0.5) is 0 Å². The fourth-order valence-electron chi connectivity index (χ4n) is 1.69. The van der Waals surface area contributed by atoms with Crippen LogP contribution in [0.25, 0.3) is 0 Å². The number of hydrogen-bond donors (Lipinski definition) is 0. The van der Waals surface area contributed by atoms with E-state index in [2.05, 4.69) is 6.92 Å². The van der Waals surface area contributed by atoms with Gasteiger partial charge in [0.2, 0.25) is 0 Å². The summed E-state index contributed by atoms with van der Waals surface area (Å²) < 4.78 is 10.3. The van der Waals surface area contributed by atoms with Gasteiger partial charge >= 0.3 is 11.9 Å². The van der Waals surface area contributed by atoms with Gasteiger partial charge in [-0.1, -0.05) is 26.7 Å². The predicted octanol–water partition coefficient (Wildman–Crippen LogP) is 2.16. The van der Waals surface area contributed by atoms with Gasteiger partial charge in [-0.2, -0.15) is 0 Å². The lowest BCUT2D eigenvalue weighted by Crippen LogP contribution is -2.44. The second-order valence-corrected chi connectivity index (χ2v) is 3.85.